The number of pyridine rings is 1. The van der Waals surface area contributed by atoms with Crippen molar-refractivity contribution >= 4 is 32.5 Å². The van der Waals surface area contributed by atoms with Gasteiger partial charge in [-0.2, -0.15) is 0 Å². The second-order valence-corrected chi connectivity index (χ2v) is 4.90. The molecule has 3 heteroatoms. The highest BCUT2D eigenvalue weighted by Gasteiger charge is 2.06. The molecule has 3 rings (SSSR count). The highest BCUT2D eigenvalue weighted by molar-refractivity contribution is 9.10. The van der Waals surface area contributed by atoms with Crippen LogP contribution in [0.3, 0.4) is 0 Å². The van der Waals surface area contributed by atoms with Crippen LogP contribution in [0.4, 0.5) is 5.69 Å². The molecule has 0 radical (unpaired) electrons. The first-order valence-corrected chi connectivity index (χ1v) is 6.44. The Hall–Kier alpha value is -1.87. The molecule has 88 valence electrons. The van der Waals surface area contributed by atoms with Crippen molar-refractivity contribution in [2.45, 2.75) is 0 Å². The predicted molar refractivity (Wildman–Crippen MR) is 79.3 cm³/mol. The fourth-order valence-electron chi connectivity index (χ4n) is 2.00. The summed E-state index contributed by atoms with van der Waals surface area (Å²) < 4.78 is 0.840. The Labute approximate surface area is 114 Å². The maximum absolute atomic E-state index is 5.82. The number of hydrogen-bond donors (Lipinski definition) is 1. The van der Waals surface area contributed by atoms with Crippen molar-refractivity contribution in [1.29, 1.82) is 0 Å². The molecule has 0 saturated heterocycles. The molecule has 0 aliphatic heterocycles. The monoisotopic (exact) mass is 298 g/mol. The minimum atomic E-state index is 0.757. The number of aromatic nitrogens is 1. The summed E-state index contributed by atoms with van der Waals surface area (Å²) in [5, 5.41) is 1.12. The average Bonchev–Trinajstić information content (AvgIpc) is 2.38. The summed E-state index contributed by atoms with van der Waals surface area (Å²) in [6, 6.07) is 18.0. The number of nitrogens with zero attached hydrogens (tertiary/aromatic N) is 1. The molecule has 2 nitrogen and oxygen atoms in total. The molecule has 0 unspecified atom stereocenters. The third-order valence-corrected chi connectivity index (χ3v) is 3.48. The number of nitrogen functional groups attached to an aromatic ring is 1. The zero-order valence-electron chi connectivity index (χ0n) is 9.60. The fraction of sp³-hybridized carbons (Fsp3) is 0. The Kier molecular flexibility index (Phi) is 2.76. The molecule has 18 heavy (non-hydrogen) atoms. The van der Waals surface area contributed by atoms with Crippen molar-refractivity contribution in [1.82, 2.24) is 4.98 Å². The molecule has 1 aromatic heterocycles. The number of anilines is 1. The fourth-order valence-corrected chi connectivity index (χ4v) is 2.54. The van der Waals surface area contributed by atoms with Gasteiger partial charge in [0.25, 0.3) is 0 Å². The van der Waals surface area contributed by atoms with E-state index in [1.165, 1.54) is 0 Å². The van der Waals surface area contributed by atoms with E-state index < -0.39 is 0 Å². The van der Waals surface area contributed by atoms with Crippen LogP contribution in [0.5, 0.6) is 0 Å². The number of hydrogen-bond acceptors (Lipinski definition) is 2. The number of para-hydroxylation sites is 1. The molecule has 0 aliphatic rings. The van der Waals surface area contributed by atoms with Crippen LogP contribution in [0, 0.1) is 0 Å². The predicted octanol–water partition coefficient (Wildman–Crippen LogP) is 4.25. The lowest BCUT2D eigenvalue weighted by molar-refractivity contribution is 1.35. The molecule has 0 atom stereocenters. The van der Waals surface area contributed by atoms with Gasteiger partial charge in [0, 0.05) is 16.6 Å². The second-order valence-electron chi connectivity index (χ2n) is 4.14. The maximum Gasteiger partial charge on any atom is 0.114 e. The van der Waals surface area contributed by atoms with Gasteiger partial charge in [-0.15, -0.1) is 0 Å². The lowest BCUT2D eigenvalue weighted by atomic mass is 10.0. The van der Waals surface area contributed by atoms with Gasteiger partial charge in [0.05, 0.1) is 5.52 Å². The van der Waals surface area contributed by atoms with Crippen molar-refractivity contribution in [3.63, 3.8) is 0 Å². The summed E-state index contributed by atoms with van der Waals surface area (Å²) in [5.74, 6) is 0. The van der Waals surface area contributed by atoms with Gasteiger partial charge >= 0.3 is 0 Å². The van der Waals surface area contributed by atoms with Crippen LogP contribution >= 0.6 is 15.9 Å². The molecule has 3 aromatic rings. The van der Waals surface area contributed by atoms with E-state index in [9.17, 15) is 0 Å². The summed E-state index contributed by atoms with van der Waals surface area (Å²) in [5.41, 5.74) is 9.69. The first-order chi connectivity index (χ1) is 8.74. The van der Waals surface area contributed by atoms with Crippen molar-refractivity contribution < 1.29 is 0 Å². The molecule has 0 bridgehead atoms. The van der Waals surface area contributed by atoms with E-state index >= 15 is 0 Å². The van der Waals surface area contributed by atoms with Gasteiger partial charge in [-0.05, 0) is 45.8 Å². The van der Waals surface area contributed by atoms with Crippen LogP contribution < -0.4 is 5.73 Å². The molecule has 0 aliphatic carbocycles. The van der Waals surface area contributed by atoms with Gasteiger partial charge in [-0.1, -0.05) is 30.3 Å². The molecule has 0 saturated carbocycles. The minimum Gasteiger partial charge on any atom is -0.399 e. The molecule has 0 fully saturated rings. The minimum absolute atomic E-state index is 0.757. The molecule has 0 spiro atoms. The number of fused-ring (bicyclic) bond motifs is 1. The van der Waals surface area contributed by atoms with Crippen molar-refractivity contribution in [3.8, 4) is 11.1 Å². The Bertz CT molecular complexity index is 723. The van der Waals surface area contributed by atoms with Crippen LogP contribution in [0.15, 0.2) is 59.2 Å². The van der Waals surface area contributed by atoms with Crippen molar-refractivity contribution in [2.24, 2.45) is 0 Å². The Morgan fingerprint density at radius 3 is 2.61 bits per heavy atom. The quantitative estimate of drug-likeness (QED) is 0.539. The highest BCUT2D eigenvalue weighted by Crippen LogP contribution is 2.30. The Balaban J connectivity index is 2.26. The van der Waals surface area contributed by atoms with E-state index in [4.69, 9.17) is 5.73 Å². The second kappa shape index (κ2) is 4.42. The van der Waals surface area contributed by atoms with E-state index in [0.29, 0.717) is 0 Å². The van der Waals surface area contributed by atoms with Gasteiger partial charge < -0.3 is 5.73 Å². The zero-order chi connectivity index (χ0) is 12.5. The summed E-state index contributed by atoms with van der Waals surface area (Å²) in [6.45, 7) is 0. The number of halogens is 1. The standard InChI is InChI=1S/C15H11BrN2/c16-15-13(10-5-3-6-12(17)8-10)9-11-4-1-2-7-14(11)18-15/h1-9H,17H2. The van der Waals surface area contributed by atoms with E-state index in [0.717, 1.165) is 32.3 Å². The lowest BCUT2D eigenvalue weighted by Crippen LogP contribution is -1.88. The first-order valence-electron chi connectivity index (χ1n) is 5.65. The average molecular weight is 299 g/mol. The summed E-state index contributed by atoms with van der Waals surface area (Å²) in [6.07, 6.45) is 0. The van der Waals surface area contributed by atoms with E-state index in [1.54, 1.807) is 0 Å². The largest absolute Gasteiger partial charge is 0.399 e. The van der Waals surface area contributed by atoms with Crippen LogP contribution in [0.2, 0.25) is 0 Å². The molecular weight excluding hydrogens is 288 g/mol. The third-order valence-electron chi connectivity index (χ3n) is 2.88. The van der Waals surface area contributed by atoms with Gasteiger partial charge in [-0.3, -0.25) is 0 Å². The van der Waals surface area contributed by atoms with E-state index in [-0.39, 0.29) is 0 Å². The Morgan fingerprint density at radius 2 is 1.78 bits per heavy atom. The zero-order valence-corrected chi connectivity index (χ0v) is 11.2. The number of benzene rings is 2. The SMILES string of the molecule is Nc1cccc(-c2cc3ccccc3nc2Br)c1. The van der Waals surface area contributed by atoms with Crippen molar-refractivity contribution in [2.75, 3.05) is 5.73 Å². The van der Waals surface area contributed by atoms with Crippen LogP contribution in [-0.2, 0) is 0 Å². The van der Waals surface area contributed by atoms with Gasteiger partial charge in [0.1, 0.15) is 4.60 Å². The van der Waals surface area contributed by atoms with Gasteiger partial charge in [-0.25, -0.2) is 4.98 Å². The molecule has 2 aromatic carbocycles. The molecule has 1 heterocycles. The number of nitrogens with two attached hydrogens (primary N) is 1. The highest BCUT2D eigenvalue weighted by atomic mass is 79.9. The normalized spacial score (nSPS) is 10.7. The van der Waals surface area contributed by atoms with E-state index in [1.807, 2.05) is 42.5 Å². The smallest absolute Gasteiger partial charge is 0.114 e. The van der Waals surface area contributed by atoms with Crippen LogP contribution in [0.25, 0.3) is 22.0 Å². The lowest BCUT2D eigenvalue weighted by Gasteiger charge is -2.07. The van der Waals surface area contributed by atoms with Gasteiger partial charge in [0.15, 0.2) is 0 Å². The molecular formula is C15H11BrN2. The molecule has 0 amide bonds. The first kappa shape index (κ1) is 11.2. The summed E-state index contributed by atoms with van der Waals surface area (Å²) >= 11 is 3.53. The van der Waals surface area contributed by atoms with Crippen LogP contribution in [-0.4, -0.2) is 4.98 Å². The van der Waals surface area contributed by atoms with Crippen LogP contribution in [0.1, 0.15) is 0 Å². The third kappa shape index (κ3) is 1.97. The van der Waals surface area contributed by atoms with E-state index in [2.05, 4.69) is 33.0 Å². The maximum atomic E-state index is 5.82. The summed E-state index contributed by atoms with van der Waals surface area (Å²) in [4.78, 5) is 4.56. The molecule has 2 N–H and O–H groups in total. The summed E-state index contributed by atoms with van der Waals surface area (Å²) in [7, 11) is 0. The number of rotatable bonds is 1. The topological polar surface area (TPSA) is 38.9 Å². The van der Waals surface area contributed by atoms with Crippen molar-refractivity contribution in [3.05, 3.63) is 59.2 Å². The Morgan fingerprint density at radius 1 is 0.944 bits per heavy atom. The van der Waals surface area contributed by atoms with Gasteiger partial charge in [0.2, 0.25) is 0 Å².